The minimum atomic E-state index is -0.499. The van der Waals surface area contributed by atoms with E-state index >= 15 is 0 Å². The Morgan fingerprint density at radius 3 is 2.07 bits per heavy atom. The topological polar surface area (TPSA) is 52.6 Å². The van der Waals surface area contributed by atoms with E-state index < -0.39 is 5.97 Å². The highest BCUT2D eigenvalue weighted by Gasteiger charge is 2.12. The van der Waals surface area contributed by atoms with E-state index in [0.717, 1.165) is 5.56 Å². The molecule has 3 aromatic carbocycles. The summed E-state index contributed by atoms with van der Waals surface area (Å²) in [6, 6.07) is 23.2. The highest BCUT2D eigenvalue weighted by molar-refractivity contribution is 6.09. The summed E-state index contributed by atoms with van der Waals surface area (Å²) in [5, 5.41) is 0. The molecule has 4 heteroatoms. The summed E-state index contributed by atoms with van der Waals surface area (Å²) in [5.41, 5.74) is 2.19. The lowest BCUT2D eigenvalue weighted by Gasteiger charge is -2.13. The minimum absolute atomic E-state index is 0.0768. The first-order valence-electron chi connectivity index (χ1n) is 9.17. The Morgan fingerprint density at radius 1 is 0.786 bits per heavy atom. The van der Waals surface area contributed by atoms with Crippen LogP contribution in [0.2, 0.25) is 0 Å². The van der Waals surface area contributed by atoms with Crippen molar-refractivity contribution in [3.05, 3.63) is 95.6 Å². The molecule has 0 aliphatic rings. The normalized spacial score (nSPS) is 10.5. The molecule has 28 heavy (non-hydrogen) atoms. The molecule has 0 aliphatic heterocycles. The fourth-order valence-corrected chi connectivity index (χ4v) is 2.82. The van der Waals surface area contributed by atoms with Gasteiger partial charge in [0.1, 0.15) is 11.5 Å². The van der Waals surface area contributed by atoms with Crippen molar-refractivity contribution in [1.82, 2.24) is 0 Å². The molecule has 0 aliphatic carbocycles. The van der Waals surface area contributed by atoms with Crippen LogP contribution in [0, 0.1) is 0 Å². The fourth-order valence-electron chi connectivity index (χ4n) is 2.82. The lowest BCUT2D eigenvalue weighted by atomic mass is 10.0. The molecule has 0 saturated heterocycles. The molecule has 0 saturated carbocycles. The van der Waals surface area contributed by atoms with Crippen LogP contribution in [-0.4, -0.2) is 18.4 Å². The number of rotatable bonds is 7. The van der Waals surface area contributed by atoms with Gasteiger partial charge in [0.15, 0.2) is 12.4 Å². The maximum Gasteiger partial charge on any atom is 0.349 e. The average molecular weight is 374 g/mol. The summed E-state index contributed by atoms with van der Waals surface area (Å²) >= 11 is 0. The fraction of sp³-hybridized carbons (Fsp3) is 0.167. The zero-order valence-electron chi connectivity index (χ0n) is 15.9. The van der Waals surface area contributed by atoms with Crippen LogP contribution in [0.15, 0.2) is 78.9 Å². The van der Waals surface area contributed by atoms with Gasteiger partial charge in [-0.25, -0.2) is 4.79 Å². The monoisotopic (exact) mass is 374 g/mol. The third kappa shape index (κ3) is 4.86. The molecular formula is C24H22O4. The Labute approximate surface area is 164 Å². The van der Waals surface area contributed by atoms with E-state index in [1.165, 1.54) is 0 Å². The third-order valence-corrected chi connectivity index (χ3v) is 4.27. The molecular weight excluding hydrogens is 352 g/mol. The molecule has 0 radical (unpaired) electrons. The molecule has 0 spiro atoms. The Balaban J connectivity index is 1.59. The maximum atomic E-state index is 12.4. The van der Waals surface area contributed by atoms with Crippen molar-refractivity contribution in [2.45, 2.75) is 19.8 Å². The van der Waals surface area contributed by atoms with Crippen LogP contribution < -0.4 is 9.47 Å². The van der Waals surface area contributed by atoms with Gasteiger partial charge in [-0.1, -0.05) is 62.4 Å². The molecule has 0 fully saturated rings. The molecule has 0 N–H and O–H groups in total. The minimum Gasteiger partial charge on any atom is -0.482 e. The Hall–Kier alpha value is -3.40. The van der Waals surface area contributed by atoms with Crippen molar-refractivity contribution >= 4 is 11.8 Å². The summed E-state index contributed by atoms with van der Waals surface area (Å²) in [6.45, 7) is 3.95. The zero-order valence-corrected chi connectivity index (χ0v) is 15.9. The van der Waals surface area contributed by atoms with E-state index in [1.807, 2.05) is 42.5 Å². The quantitative estimate of drug-likeness (QED) is 0.331. The van der Waals surface area contributed by atoms with Crippen LogP contribution in [-0.2, 0) is 4.79 Å². The number of para-hydroxylation sites is 1. The van der Waals surface area contributed by atoms with Crippen molar-refractivity contribution in [3.8, 4) is 11.5 Å². The summed E-state index contributed by atoms with van der Waals surface area (Å²) in [5.74, 6) is 0.767. The van der Waals surface area contributed by atoms with Gasteiger partial charge in [-0.15, -0.1) is 0 Å². The SMILES string of the molecule is CC(C)c1ccccc1OCC(=O)Oc1ccc(C(=O)c2ccccc2)cc1. The van der Waals surface area contributed by atoms with Gasteiger partial charge in [-0.3, -0.25) is 4.79 Å². The second kappa shape index (κ2) is 9.00. The van der Waals surface area contributed by atoms with E-state index in [2.05, 4.69) is 13.8 Å². The Bertz CT molecular complexity index is 944. The Kier molecular flexibility index (Phi) is 6.22. The van der Waals surface area contributed by atoms with Gasteiger partial charge >= 0.3 is 5.97 Å². The molecule has 142 valence electrons. The predicted molar refractivity (Wildman–Crippen MR) is 108 cm³/mol. The van der Waals surface area contributed by atoms with Crippen molar-refractivity contribution in [2.24, 2.45) is 0 Å². The van der Waals surface area contributed by atoms with Crippen molar-refractivity contribution in [1.29, 1.82) is 0 Å². The maximum absolute atomic E-state index is 12.4. The zero-order chi connectivity index (χ0) is 19.9. The van der Waals surface area contributed by atoms with Gasteiger partial charge in [0, 0.05) is 11.1 Å². The number of hydrogen-bond donors (Lipinski definition) is 0. The van der Waals surface area contributed by atoms with E-state index in [0.29, 0.717) is 28.5 Å². The number of ether oxygens (including phenoxy) is 2. The highest BCUT2D eigenvalue weighted by atomic mass is 16.6. The summed E-state index contributed by atoms with van der Waals surface area (Å²) < 4.78 is 10.9. The molecule has 0 atom stereocenters. The first-order valence-corrected chi connectivity index (χ1v) is 9.17. The van der Waals surface area contributed by atoms with Crippen molar-refractivity contribution in [2.75, 3.05) is 6.61 Å². The molecule has 4 nitrogen and oxygen atoms in total. The number of benzene rings is 3. The highest BCUT2D eigenvalue weighted by Crippen LogP contribution is 2.25. The first-order chi connectivity index (χ1) is 13.5. The largest absolute Gasteiger partial charge is 0.482 e. The number of esters is 1. The molecule has 3 aromatic rings. The Morgan fingerprint density at radius 2 is 1.39 bits per heavy atom. The van der Waals surface area contributed by atoms with Gasteiger partial charge in [-0.05, 0) is 41.8 Å². The van der Waals surface area contributed by atoms with E-state index in [9.17, 15) is 9.59 Å². The lowest BCUT2D eigenvalue weighted by Crippen LogP contribution is -2.18. The van der Waals surface area contributed by atoms with Gasteiger partial charge < -0.3 is 9.47 Å². The number of hydrogen-bond acceptors (Lipinski definition) is 4. The van der Waals surface area contributed by atoms with Crippen LogP contribution in [0.1, 0.15) is 41.3 Å². The number of carbonyl (C=O) groups excluding carboxylic acids is 2. The average Bonchev–Trinajstić information content (AvgIpc) is 2.73. The lowest BCUT2D eigenvalue weighted by molar-refractivity contribution is -0.136. The van der Waals surface area contributed by atoms with E-state index in [-0.39, 0.29) is 12.4 Å². The van der Waals surface area contributed by atoms with Crippen LogP contribution >= 0.6 is 0 Å². The molecule has 3 rings (SSSR count). The van der Waals surface area contributed by atoms with Gasteiger partial charge in [0.2, 0.25) is 0 Å². The standard InChI is InChI=1S/C24H22O4/c1-17(2)21-10-6-7-11-22(21)27-16-23(25)28-20-14-12-19(13-15-20)24(26)18-8-4-3-5-9-18/h3-15,17H,16H2,1-2H3. The smallest absolute Gasteiger partial charge is 0.349 e. The summed E-state index contributed by atoms with van der Waals surface area (Å²) in [6.07, 6.45) is 0. The van der Waals surface area contributed by atoms with Crippen LogP contribution in [0.4, 0.5) is 0 Å². The van der Waals surface area contributed by atoms with Gasteiger partial charge in [-0.2, -0.15) is 0 Å². The second-order valence-electron chi connectivity index (χ2n) is 6.67. The van der Waals surface area contributed by atoms with Crippen molar-refractivity contribution < 1.29 is 19.1 Å². The molecule has 0 unspecified atom stereocenters. The predicted octanol–water partition coefficient (Wildman–Crippen LogP) is 5.03. The van der Waals surface area contributed by atoms with Gasteiger partial charge in [0.25, 0.3) is 0 Å². The molecule has 0 amide bonds. The second-order valence-corrected chi connectivity index (χ2v) is 6.67. The van der Waals surface area contributed by atoms with Crippen LogP contribution in [0.25, 0.3) is 0 Å². The first kappa shape index (κ1) is 19.4. The number of carbonyl (C=O) groups is 2. The molecule has 0 heterocycles. The van der Waals surface area contributed by atoms with Crippen molar-refractivity contribution in [3.63, 3.8) is 0 Å². The van der Waals surface area contributed by atoms with Gasteiger partial charge in [0.05, 0.1) is 0 Å². The summed E-state index contributed by atoms with van der Waals surface area (Å²) in [4.78, 5) is 24.5. The van der Waals surface area contributed by atoms with Crippen LogP contribution in [0.5, 0.6) is 11.5 Å². The third-order valence-electron chi connectivity index (χ3n) is 4.27. The van der Waals surface area contributed by atoms with E-state index in [1.54, 1.807) is 36.4 Å². The van der Waals surface area contributed by atoms with Crippen LogP contribution in [0.3, 0.4) is 0 Å². The summed E-state index contributed by atoms with van der Waals surface area (Å²) in [7, 11) is 0. The molecule has 0 bridgehead atoms. The van der Waals surface area contributed by atoms with E-state index in [4.69, 9.17) is 9.47 Å². The molecule has 0 aromatic heterocycles. The number of ketones is 1.